The van der Waals surface area contributed by atoms with Crippen LogP contribution < -0.4 is 0 Å². The van der Waals surface area contributed by atoms with Crippen molar-refractivity contribution in [3.05, 3.63) is 52.0 Å². The molecule has 0 unspecified atom stereocenters. The average molecular weight is 452 g/mol. The van der Waals surface area contributed by atoms with Gasteiger partial charge in [-0.3, -0.25) is 0 Å². The first-order valence-electron chi connectivity index (χ1n) is 3.74. The number of benzene rings is 1. The van der Waals surface area contributed by atoms with Gasteiger partial charge in [0.2, 0.25) is 0 Å². The van der Waals surface area contributed by atoms with Gasteiger partial charge in [0.15, 0.2) is 0 Å². The number of hydrogen-bond donors (Lipinski definition) is 2. The van der Waals surface area contributed by atoms with E-state index in [2.05, 4.69) is 65.2 Å². The molecule has 0 spiro atoms. The summed E-state index contributed by atoms with van der Waals surface area (Å²) in [5, 5.41) is 17.9. The second-order valence-electron chi connectivity index (χ2n) is 1.76. The molecule has 0 saturated carbocycles. The molecule has 130 valence electrons. The maximum absolute atomic E-state index is 8.94. The fourth-order valence-corrected chi connectivity index (χ4v) is 0.887. The molecule has 12 heteroatoms. The molecule has 0 fully saturated rings. The molecule has 8 nitrogen and oxygen atoms in total. The van der Waals surface area contributed by atoms with Gasteiger partial charge in [0.25, 0.3) is 0 Å². The zero-order chi connectivity index (χ0) is 19.7. The van der Waals surface area contributed by atoms with E-state index in [1.165, 1.54) is 12.1 Å². The van der Waals surface area contributed by atoms with Crippen LogP contribution >= 0.6 is 0 Å². The summed E-state index contributed by atoms with van der Waals surface area (Å²) in [4.78, 5) is 0.269. The minimum atomic E-state index is -0.0576. The van der Waals surface area contributed by atoms with Crippen molar-refractivity contribution >= 4 is 25.3 Å². The Balaban J connectivity index is -0.0000000263. The molecule has 1 aromatic rings. The summed E-state index contributed by atoms with van der Waals surface area (Å²) < 4.78 is 45.0. The van der Waals surface area contributed by atoms with Gasteiger partial charge < -0.3 is 35.5 Å². The second kappa shape index (κ2) is 57.6. The Hall–Kier alpha value is -1.26. The van der Waals surface area contributed by atoms with E-state index in [9.17, 15) is 0 Å². The quantitative estimate of drug-likeness (QED) is 0.195. The van der Waals surface area contributed by atoms with Gasteiger partial charge in [-0.05, 0) is 12.1 Å². The Morgan fingerprint density at radius 1 is 0.542 bits per heavy atom. The van der Waals surface area contributed by atoms with Crippen LogP contribution in [0.4, 0.5) is 0 Å². The van der Waals surface area contributed by atoms with Crippen LogP contribution in [0.1, 0.15) is 0 Å². The van der Waals surface area contributed by atoms with Gasteiger partial charge in [-0.25, -0.2) is 0 Å². The van der Waals surface area contributed by atoms with Gasteiger partial charge in [-0.2, -0.15) is 0 Å². The molecule has 0 aliphatic rings. The van der Waals surface area contributed by atoms with Crippen molar-refractivity contribution in [2.24, 2.45) is 0 Å². The third-order valence-electron chi connectivity index (χ3n) is 1.07. The van der Waals surface area contributed by atoms with E-state index in [0.29, 0.717) is 0 Å². The Morgan fingerprint density at radius 2 is 0.667 bits per heavy atom. The number of phenols is 2. The van der Waals surface area contributed by atoms with Crippen molar-refractivity contribution in [3.63, 3.8) is 0 Å². The maximum atomic E-state index is 8.94. The van der Waals surface area contributed by atoms with Crippen LogP contribution in [0, 0.1) is 39.9 Å². The summed E-state index contributed by atoms with van der Waals surface area (Å²) in [6, 6.07) is 2.63. The van der Waals surface area contributed by atoms with Crippen LogP contribution in [0.3, 0.4) is 0 Å². The van der Waals surface area contributed by atoms with Gasteiger partial charge in [0.1, 0.15) is 0 Å². The molecular weight excluding hydrogens is 448 g/mol. The van der Waals surface area contributed by atoms with Gasteiger partial charge in [0.05, 0.1) is 11.5 Å². The topological polar surface area (TPSA) is 160 Å². The SMILES string of the molecule is Oc1ccc(O)c([S-])c1[S-].[C-]#[O+].[C-]#[O+].[C-]#[O+].[C-]#[O+].[C-]#[O+].[C-]#[O+].[Fe].[Fe]. The summed E-state index contributed by atoms with van der Waals surface area (Å²) in [5.41, 5.74) is 0. The van der Waals surface area contributed by atoms with E-state index < -0.39 is 0 Å². The number of hydrogen-bond acceptors (Lipinski definition) is 4. The molecule has 0 amide bonds. The zero-order valence-corrected chi connectivity index (χ0v) is 14.9. The Bertz CT molecular complexity index is 422. The van der Waals surface area contributed by atoms with Crippen molar-refractivity contribution in [1.29, 1.82) is 0 Å². The summed E-state index contributed by atoms with van der Waals surface area (Å²) in [5.74, 6) is -0.115. The predicted molar refractivity (Wildman–Crippen MR) is 64.6 cm³/mol. The van der Waals surface area contributed by atoms with E-state index in [4.69, 9.17) is 38.1 Å². The summed E-state index contributed by atoms with van der Waals surface area (Å²) in [7, 11) is 0. The molecule has 0 bridgehead atoms. The van der Waals surface area contributed by atoms with Crippen molar-refractivity contribution in [2.45, 2.75) is 9.79 Å². The summed E-state index contributed by atoms with van der Waals surface area (Å²) in [6.45, 7) is 27.0. The molecule has 0 atom stereocenters. The molecule has 0 aliphatic heterocycles. The monoisotopic (exact) mass is 452 g/mol. The number of phenolic OH excluding ortho intramolecular Hbond substituents is 2. The van der Waals surface area contributed by atoms with Crippen LogP contribution in [0.2, 0.25) is 0 Å². The molecule has 0 aromatic heterocycles. The molecule has 0 heterocycles. The van der Waals surface area contributed by atoms with E-state index in [-0.39, 0.29) is 55.4 Å². The van der Waals surface area contributed by atoms with E-state index >= 15 is 0 Å². The van der Waals surface area contributed by atoms with Crippen molar-refractivity contribution in [1.82, 2.24) is 0 Å². The average Bonchev–Trinajstić information content (AvgIpc) is 2.66. The van der Waals surface area contributed by atoms with Crippen LogP contribution in [0.15, 0.2) is 21.9 Å². The first-order valence-corrected chi connectivity index (χ1v) is 4.56. The first-order chi connectivity index (χ1) is 10.6. The van der Waals surface area contributed by atoms with E-state index in [1.54, 1.807) is 0 Å². The maximum Gasteiger partial charge on any atom is 0 e. The molecule has 1 aromatic carbocycles. The third-order valence-corrected chi connectivity index (χ3v) is 2.03. The minimum Gasteiger partial charge on any atom is 0 e. The molecular formula is C12H4Fe2O8S2-2. The van der Waals surface area contributed by atoms with Crippen molar-refractivity contribution in [2.75, 3.05) is 0 Å². The first kappa shape index (κ1) is 49.5. The van der Waals surface area contributed by atoms with Crippen LogP contribution in [-0.2, 0) is 87.3 Å². The molecule has 0 saturated heterocycles. The van der Waals surface area contributed by atoms with E-state index in [0.717, 1.165) is 0 Å². The second-order valence-corrected chi connectivity index (χ2v) is 2.58. The minimum absolute atomic E-state index is 0. The summed E-state index contributed by atoms with van der Waals surface area (Å²) >= 11 is 9.34. The standard InChI is InChI=1S/C6H6O2S2.6CO.2Fe/c7-3-1-2-4(8)6(10)5(3)9;6*1-2;;/h1-2,7-10H;;;;;;;;/p-2. The van der Waals surface area contributed by atoms with Gasteiger partial charge in [0, 0.05) is 34.1 Å². The molecule has 0 radical (unpaired) electrons. The van der Waals surface area contributed by atoms with E-state index in [1.807, 2.05) is 0 Å². The number of aromatic hydroxyl groups is 2. The third kappa shape index (κ3) is 32.6. The number of rotatable bonds is 0. The van der Waals surface area contributed by atoms with Crippen molar-refractivity contribution in [3.8, 4) is 11.5 Å². The molecule has 2 N–H and O–H groups in total. The van der Waals surface area contributed by atoms with Gasteiger partial charge in [-0.1, -0.05) is 0 Å². The smallest absolute Gasteiger partial charge is 0 e. The normalized spacial score (nSPS) is 4.50. The fraction of sp³-hybridized carbons (Fsp3) is 0. The van der Waals surface area contributed by atoms with Crippen LogP contribution in [0.25, 0.3) is 0 Å². The fourth-order valence-electron chi connectivity index (χ4n) is 0.542. The van der Waals surface area contributed by atoms with Crippen molar-refractivity contribution < 1.29 is 72.3 Å². The largest absolute Gasteiger partial charge is 0 e. The zero-order valence-electron chi connectivity index (χ0n) is 11.0. The Morgan fingerprint density at radius 3 is 0.792 bits per heavy atom. The molecule has 0 aliphatic carbocycles. The van der Waals surface area contributed by atoms with Gasteiger partial charge in [-0.15, -0.1) is 9.79 Å². The molecule has 1 rings (SSSR count). The van der Waals surface area contributed by atoms with Crippen LogP contribution in [0.5, 0.6) is 11.5 Å². The predicted octanol–water partition coefficient (Wildman–Crippen LogP) is 0.679. The molecule has 24 heavy (non-hydrogen) atoms. The Kier molecular flexibility index (Phi) is 119. The van der Waals surface area contributed by atoms with Gasteiger partial charge >= 0.3 is 67.8 Å². The van der Waals surface area contributed by atoms with Crippen LogP contribution in [-0.4, -0.2) is 10.2 Å². The Labute approximate surface area is 170 Å². The summed E-state index contributed by atoms with van der Waals surface area (Å²) in [6.07, 6.45) is 0.